The second-order valence-electron chi connectivity index (χ2n) is 6.07. The van der Waals surface area contributed by atoms with Gasteiger partial charge >= 0.3 is 0 Å². The molecule has 0 aliphatic rings. The average Bonchev–Trinajstić information content (AvgIpc) is 3.29. The maximum absolute atomic E-state index is 12.8. The normalized spacial score (nSPS) is 11.0. The maximum Gasteiger partial charge on any atom is 0.237 e. The summed E-state index contributed by atoms with van der Waals surface area (Å²) in [5.74, 6) is 0.902. The Bertz CT molecular complexity index is 718. The van der Waals surface area contributed by atoms with Gasteiger partial charge in [-0.25, -0.2) is 0 Å². The molecule has 0 aliphatic carbocycles. The summed E-state index contributed by atoms with van der Waals surface area (Å²) in [5.41, 5.74) is 1.20. The van der Waals surface area contributed by atoms with Crippen LogP contribution in [0.5, 0.6) is 0 Å². The number of rotatable bonds is 8. The lowest BCUT2D eigenvalue weighted by Gasteiger charge is -2.24. The molecule has 0 unspecified atom stereocenters. The summed E-state index contributed by atoms with van der Waals surface area (Å²) < 4.78 is 5.43. The third-order valence-electron chi connectivity index (χ3n) is 3.91. The third kappa shape index (κ3) is 5.31. The molecule has 2 heterocycles. The number of likely N-dealkylation sites (N-methyl/N-ethyl adjacent to an activating group) is 1. The van der Waals surface area contributed by atoms with Gasteiger partial charge in [0.25, 0.3) is 0 Å². The van der Waals surface area contributed by atoms with Crippen molar-refractivity contribution in [1.82, 2.24) is 9.80 Å². The van der Waals surface area contributed by atoms with Crippen LogP contribution in [0.4, 0.5) is 0 Å². The van der Waals surface area contributed by atoms with Crippen LogP contribution in [0.3, 0.4) is 0 Å². The van der Waals surface area contributed by atoms with E-state index in [9.17, 15) is 4.79 Å². The quantitative estimate of drug-likeness (QED) is 0.613. The van der Waals surface area contributed by atoms with E-state index in [-0.39, 0.29) is 5.91 Å². The summed E-state index contributed by atoms with van der Waals surface area (Å²) in [6.07, 6.45) is 1.64. The Kier molecular flexibility index (Phi) is 6.04. The van der Waals surface area contributed by atoms with E-state index in [2.05, 4.69) is 18.2 Å². The summed E-state index contributed by atoms with van der Waals surface area (Å²) in [6.45, 7) is 2.22. The Morgan fingerprint density at radius 3 is 2.52 bits per heavy atom. The molecule has 0 bridgehead atoms. The van der Waals surface area contributed by atoms with E-state index in [1.165, 1.54) is 10.4 Å². The van der Waals surface area contributed by atoms with Gasteiger partial charge in [0.15, 0.2) is 0 Å². The SMILES string of the molecule is CN(CC(=O)N(Cc1ccco1)Cc1cccs1)Cc1ccccc1. The second kappa shape index (κ2) is 8.65. The van der Waals surface area contributed by atoms with Gasteiger partial charge in [-0.05, 0) is 36.2 Å². The molecule has 3 aromatic rings. The van der Waals surface area contributed by atoms with E-state index in [0.29, 0.717) is 19.6 Å². The highest BCUT2D eigenvalue weighted by Crippen LogP contribution is 2.15. The highest BCUT2D eigenvalue weighted by molar-refractivity contribution is 7.09. The predicted molar refractivity (Wildman–Crippen MR) is 100 cm³/mol. The summed E-state index contributed by atoms with van der Waals surface area (Å²) in [4.78, 5) is 17.9. The molecular formula is C20H22N2O2S. The second-order valence-corrected chi connectivity index (χ2v) is 7.10. The van der Waals surface area contributed by atoms with Crippen molar-refractivity contribution < 1.29 is 9.21 Å². The third-order valence-corrected chi connectivity index (χ3v) is 4.77. The molecule has 1 amide bonds. The summed E-state index contributed by atoms with van der Waals surface area (Å²) >= 11 is 1.66. The number of benzene rings is 1. The Hall–Kier alpha value is -2.37. The van der Waals surface area contributed by atoms with E-state index < -0.39 is 0 Å². The van der Waals surface area contributed by atoms with Crippen molar-refractivity contribution in [3.8, 4) is 0 Å². The minimum absolute atomic E-state index is 0.100. The molecule has 4 nitrogen and oxygen atoms in total. The first-order chi connectivity index (χ1) is 12.2. The largest absolute Gasteiger partial charge is 0.467 e. The molecule has 0 saturated carbocycles. The maximum atomic E-state index is 12.8. The van der Waals surface area contributed by atoms with Crippen molar-refractivity contribution >= 4 is 17.2 Å². The molecule has 0 aliphatic heterocycles. The zero-order chi connectivity index (χ0) is 17.5. The van der Waals surface area contributed by atoms with Gasteiger partial charge in [0.05, 0.1) is 25.9 Å². The summed E-state index contributed by atoms with van der Waals surface area (Å²) in [5, 5.41) is 2.03. The Labute approximate surface area is 152 Å². The Morgan fingerprint density at radius 1 is 1.00 bits per heavy atom. The van der Waals surface area contributed by atoms with Crippen LogP contribution in [0.25, 0.3) is 0 Å². The molecular weight excluding hydrogens is 332 g/mol. The standard InChI is InChI=1S/C20H22N2O2S/c1-21(13-17-7-3-2-4-8-17)16-20(23)22(14-18-9-5-11-24-18)15-19-10-6-12-25-19/h2-12H,13-16H2,1H3. The van der Waals surface area contributed by atoms with E-state index in [1.54, 1.807) is 17.6 Å². The van der Waals surface area contributed by atoms with Gasteiger partial charge in [-0.15, -0.1) is 11.3 Å². The fourth-order valence-corrected chi connectivity index (χ4v) is 3.41. The number of nitrogens with zero attached hydrogens (tertiary/aromatic N) is 2. The number of carbonyl (C=O) groups is 1. The average molecular weight is 354 g/mol. The lowest BCUT2D eigenvalue weighted by atomic mass is 10.2. The molecule has 0 N–H and O–H groups in total. The molecule has 25 heavy (non-hydrogen) atoms. The Balaban J connectivity index is 1.63. The van der Waals surface area contributed by atoms with Gasteiger partial charge in [0.2, 0.25) is 5.91 Å². The van der Waals surface area contributed by atoms with Gasteiger partial charge in [-0.2, -0.15) is 0 Å². The lowest BCUT2D eigenvalue weighted by Crippen LogP contribution is -2.37. The minimum atomic E-state index is 0.100. The van der Waals surface area contributed by atoms with Crippen molar-refractivity contribution in [2.24, 2.45) is 0 Å². The molecule has 0 fully saturated rings. The van der Waals surface area contributed by atoms with Crippen LogP contribution in [0, 0.1) is 0 Å². The van der Waals surface area contributed by atoms with Crippen molar-refractivity contribution in [1.29, 1.82) is 0 Å². The van der Waals surface area contributed by atoms with Crippen LogP contribution >= 0.6 is 11.3 Å². The van der Waals surface area contributed by atoms with Gasteiger partial charge < -0.3 is 9.32 Å². The predicted octanol–water partition coefficient (Wildman–Crippen LogP) is 4.00. The molecule has 3 rings (SSSR count). The first-order valence-corrected chi connectivity index (χ1v) is 9.13. The number of hydrogen-bond acceptors (Lipinski definition) is 4. The number of furan rings is 1. The zero-order valence-corrected chi connectivity index (χ0v) is 15.1. The summed E-state index contributed by atoms with van der Waals surface area (Å²) in [7, 11) is 1.97. The van der Waals surface area contributed by atoms with E-state index >= 15 is 0 Å². The van der Waals surface area contributed by atoms with Crippen molar-refractivity contribution in [3.63, 3.8) is 0 Å². The number of carbonyl (C=O) groups excluding carboxylic acids is 1. The molecule has 130 valence electrons. The molecule has 5 heteroatoms. The number of thiophene rings is 1. The van der Waals surface area contributed by atoms with Crippen molar-refractivity contribution in [2.45, 2.75) is 19.6 Å². The molecule has 0 saturated heterocycles. The molecule has 2 aromatic heterocycles. The van der Waals surface area contributed by atoms with Crippen LogP contribution < -0.4 is 0 Å². The topological polar surface area (TPSA) is 36.7 Å². The highest BCUT2D eigenvalue weighted by Gasteiger charge is 2.18. The van der Waals surface area contributed by atoms with Crippen LogP contribution in [0.2, 0.25) is 0 Å². The molecule has 0 spiro atoms. The first kappa shape index (κ1) is 17.5. The fraction of sp³-hybridized carbons (Fsp3) is 0.250. The monoisotopic (exact) mass is 354 g/mol. The zero-order valence-electron chi connectivity index (χ0n) is 14.3. The van der Waals surface area contributed by atoms with Gasteiger partial charge in [-0.1, -0.05) is 36.4 Å². The lowest BCUT2D eigenvalue weighted by molar-refractivity contribution is -0.133. The van der Waals surface area contributed by atoms with Gasteiger partial charge in [0.1, 0.15) is 5.76 Å². The molecule has 0 radical (unpaired) electrons. The fourth-order valence-electron chi connectivity index (χ4n) is 2.70. The van der Waals surface area contributed by atoms with Crippen LogP contribution in [0.15, 0.2) is 70.7 Å². The molecule has 1 aromatic carbocycles. The van der Waals surface area contributed by atoms with Gasteiger partial charge in [-0.3, -0.25) is 9.69 Å². The van der Waals surface area contributed by atoms with Gasteiger partial charge in [0, 0.05) is 11.4 Å². The van der Waals surface area contributed by atoms with Crippen molar-refractivity contribution in [3.05, 3.63) is 82.4 Å². The smallest absolute Gasteiger partial charge is 0.237 e. The highest BCUT2D eigenvalue weighted by atomic mass is 32.1. The Morgan fingerprint density at radius 2 is 1.84 bits per heavy atom. The van der Waals surface area contributed by atoms with Crippen LogP contribution in [-0.2, 0) is 24.4 Å². The van der Waals surface area contributed by atoms with E-state index in [1.807, 2.05) is 58.6 Å². The molecule has 0 atom stereocenters. The summed E-state index contributed by atoms with van der Waals surface area (Å²) in [6, 6.07) is 18.0. The number of hydrogen-bond donors (Lipinski definition) is 0. The van der Waals surface area contributed by atoms with Crippen molar-refractivity contribution in [2.75, 3.05) is 13.6 Å². The first-order valence-electron chi connectivity index (χ1n) is 8.26. The van der Waals surface area contributed by atoms with E-state index in [0.717, 1.165) is 12.3 Å². The van der Waals surface area contributed by atoms with E-state index in [4.69, 9.17) is 4.42 Å². The van der Waals surface area contributed by atoms with Crippen LogP contribution in [0.1, 0.15) is 16.2 Å². The minimum Gasteiger partial charge on any atom is -0.467 e. The van der Waals surface area contributed by atoms with Crippen LogP contribution in [-0.4, -0.2) is 29.3 Å². The number of amides is 1.